The summed E-state index contributed by atoms with van der Waals surface area (Å²) in [7, 11) is 1.58. The number of hydrogen-bond donors (Lipinski definition) is 1. The van der Waals surface area contributed by atoms with Gasteiger partial charge in [0.25, 0.3) is 17.7 Å². The van der Waals surface area contributed by atoms with E-state index in [2.05, 4.69) is 10.3 Å². The third-order valence-electron chi connectivity index (χ3n) is 4.91. The lowest BCUT2D eigenvalue weighted by Crippen LogP contribution is -2.29. The fraction of sp³-hybridized carbons (Fsp3) is 0.130. The molecule has 150 valence electrons. The zero-order valence-corrected chi connectivity index (χ0v) is 16.3. The third-order valence-corrected chi connectivity index (χ3v) is 4.91. The van der Waals surface area contributed by atoms with E-state index in [0.29, 0.717) is 23.4 Å². The van der Waals surface area contributed by atoms with Crippen molar-refractivity contribution >= 4 is 17.7 Å². The number of hydrogen-bond acceptors (Lipinski definition) is 5. The molecular weight excluding hydrogens is 382 g/mol. The highest BCUT2D eigenvalue weighted by Gasteiger charge is 2.35. The van der Waals surface area contributed by atoms with E-state index in [0.717, 1.165) is 11.1 Å². The summed E-state index contributed by atoms with van der Waals surface area (Å²) in [5, 5.41) is 2.82. The van der Waals surface area contributed by atoms with Crippen LogP contribution in [0.15, 0.2) is 67.0 Å². The molecule has 7 heteroatoms. The number of nitrogens with zero attached hydrogens (tertiary/aromatic N) is 2. The number of benzene rings is 2. The highest BCUT2D eigenvalue weighted by molar-refractivity contribution is 6.22. The van der Waals surface area contributed by atoms with E-state index >= 15 is 0 Å². The van der Waals surface area contributed by atoms with Crippen LogP contribution in [0, 0.1) is 0 Å². The van der Waals surface area contributed by atoms with Crippen LogP contribution in [0.4, 0.5) is 0 Å². The standard InChI is InChI=1S/C23H19N3O4/c1-30-18-4-2-3-16(11-18)13-25-21(27)17-5-6-19-20(12-17)23(29)26(22(19)28)14-15-7-9-24-10-8-15/h2-12H,13-14H2,1H3,(H,25,27). The number of carbonyl (C=O) groups excluding carboxylic acids is 3. The van der Waals surface area contributed by atoms with E-state index in [-0.39, 0.29) is 23.9 Å². The van der Waals surface area contributed by atoms with Crippen molar-refractivity contribution in [3.8, 4) is 5.75 Å². The number of pyridine rings is 1. The van der Waals surface area contributed by atoms with Crippen LogP contribution >= 0.6 is 0 Å². The van der Waals surface area contributed by atoms with Crippen LogP contribution in [0.3, 0.4) is 0 Å². The maximum atomic E-state index is 12.8. The van der Waals surface area contributed by atoms with E-state index in [1.54, 1.807) is 37.7 Å². The molecule has 1 aliphatic heterocycles. The molecule has 0 spiro atoms. The Morgan fingerprint density at radius 2 is 1.73 bits per heavy atom. The van der Waals surface area contributed by atoms with E-state index < -0.39 is 5.91 Å². The molecule has 1 aromatic heterocycles. The molecule has 30 heavy (non-hydrogen) atoms. The van der Waals surface area contributed by atoms with Gasteiger partial charge in [-0.1, -0.05) is 12.1 Å². The summed E-state index contributed by atoms with van der Waals surface area (Å²) in [6.07, 6.45) is 3.22. The van der Waals surface area contributed by atoms with Crippen LogP contribution in [0.25, 0.3) is 0 Å². The van der Waals surface area contributed by atoms with Crippen LogP contribution in [0.5, 0.6) is 5.75 Å². The van der Waals surface area contributed by atoms with Crippen molar-refractivity contribution in [3.63, 3.8) is 0 Å². The van der Waals surface area contributed by atoms with Crippen molar-refractivity contribution in [1.82, 2.24) is 15.2 Å². The molecule has 4 rings (SSSR count). The smallest absolute Gasteiger partial charge is 0.261 e. The number of ether oxygens (including phenoxy) is 1. The molecule has 3 amide bonds. The number of imide groups is 1. The maximum absolute atomic E-state index is 12.8. The Balaban J connectivity index is 1.48. The summed E-state index contributed by atoms with van der Waals surface area (Å²) in [5.41, 5.74) is 2.56. The molecule has 2 heterocycles. The second-order valence-electron chi connectivity index (χ2n) is 6.85. The minimum atomic E-state index is -0.408. The average Bonchev–Trinajstić information content (AvgIpc) is 3.02. The van der Waals surface area contributed by atoms with Gasteiger partial charge in [-0.15, -0.1) is 0 Å². The molecule has 2 aromatic carbocycles. The largest absolute Gasteiger partial charge is 0.497 e. The normalized spacial score (nSPS) is 12.6. The highest BCUT2D eigenvalue weighted by Crippen LogP contribution is 2.25. The van der Waals surface area contributed by atoms with Crippen LogP contribution in [0.2, 0.25) is 0 Å². The van der Waals surface area contributed by atoms with Crippen molar-refractivity contribution in [2.45, 2.75) is 13.1 Å². The number of amides is 3. The van der Waals surface area contributed by atoms with E-state index in [9.17, 15) is 14.4 Å². The summed E-state index contributed by atoms with van der Waals surface area (Å²) < 4.78 is 5.18. The van der Waals surface area contributed by atoms with E-state index in [1.165, 1.54) is 17.0 Å². The fourth-order valence-corrected chi connectivity index (χ4v) is 3.31. The number of nitrogens with one attached hydrogen (secondary N) is 1. The van der Waals surface area contributed by atoms with Crippen molar-refractivity contribution in [2.75, 3.05) is 7.11 Å². The average molecular weight is 401 g/mol. The lowest BCUT2D eigenvalue weighted by molar-refractivity contribution is 0.0642. The van der Waals surface area contributed by atoms with Crippen LogP contribution < -0.4 is 10.1 Å². The van der Waals surface area contributed by atoms with Gasteiger partial charge in [0.05, 0.1) is 24.8 Å². The first-order chi connectivity index (χ1) is 14.6. The Kier molecular flexibility index (Phi) is 5.26. The molecule has 0 bridgehead atoms. The molecule has 1 aliphatic rings. The summed E-state index contributed by atoms with van der Waals surface area (Å²) in [4.78, 5) is 43.1. The summed E-state index contributed by atoms with van der Waals surface area (Å²) in [6.45, 7) is 0.473. The Morgan fingerprint density at radius 1 is 0.967 bits per heavy atom. The molecule has 7 nitrogen and oxygen atoms in total. The Morgan fingerprint density at radius 3 is 2.50 bits per heavy atom. The monoisotopic (exact) mass is 401 g/mol. The molecule has 3 aromatic rings. The molecular formula is C23H19N3O4. The van der Waals surface area contributed by atoms with Gasteiger partial charge >= 0.3 is 0 Å². The summed E-state index contributed by atoms with van der Waals surface area (Å²) in [6, 6.07) is 15.4. The fourth-order valence-electron chi connectivity index (χ4n) is 3.31. The van der Waals surface area contributed by atoms with Gasteiger partial charge in [-0.25, -0.2) is 0 Å². The minimum absolute atomic E-state index is 0.159. The number of fused-ring (bicyclic) bond motifs is 1. The highest BCUT2D eigenvalue weighted by atomic mass is 16.5. The lowest BCUT2D eigenvalue weighted by Gasteiger charge is -2.13. The molecule has 1 N–H and O–H groups in total. The zero-order chi connectivity index (χ0) is 21.1. The maximum Gasteiger partial charge on any atom is 0.261 e. The van der Waals surface area contributed by atoms with Gasteiger partial charge in [-0.3, -0.25) is 24.3 Å². The van der Waals surface area contributed by atoms with Crippen molar-refractivity contribution < 1.29 is 19.1 Å². The van der Waals surface area contributed by atoms with Crippen molar-refractivity contribution in [2.24, 2.45) is 0 Å². The number of aromatic nitrogens is 1. The molecule has 0 radical (unpaired) electrons. The predicted octanol–water partition coefficient (Wildman–Crippen LogP) is 2.82. The molecule has 0 saturated heterocycles. The van der Waals surface area contributed by atoms with Crippen LogP contribution in [0.1, 0.15) is 42.2 Å². The quantitative estimate of drug-likeness (QED) is 0.642. The van der Waals surface area contributed by atoms with Crippen LogP contribution in [-0.4, -0.2) is 34.7 Å². The van der Waals surface area contributed by atoms with E-state index in [4.69, 9.17) is 4.74 Å². The molecule has 0 aliphatic carbocycles. The first kappa shape index (κ1) is 19.3. The van der Waals surface area contributed by atoms with Gasteiger partial charge in [0.1, 0.15) is 5.75 Å². The molecule has 0 unspecified atom stereocenters. The van der Waals surface area contributed by atoms with Gasteiger partial charge in [-0.2, -0.15) is 0 Å². The second-order valence-corrected chi connectivity index (χ2v) is 6.85. The second kappa shape index (κ2) is 8.16. The third kappa shape index (κ3) is 3.77. The van der Waals surface area contributed by atoms with Gasteiger partial charge in [0.2, 0.25) is 0 Å². The Hall–Kier alpha value is -4.00. The SMILES string of the molecule is COc1cccc(CNC(=O)c2ccc3c(c2)C(=O)N(Cc2ccncc2)C3=O)c1. The van der Waals surface area contributed by atoms with Gasteiger partial charge in [0, 0.05) is 24.5 Å². The Bertz CT molecular complexity index is 1130. The van der Waals surface area contributed by atoms with Crippen molar-refractivity contribution in [3.05, 3.63) is 94.8 Å². The van der Waals surface area contributed by atoms with Crippen molar-refractivity contribution in [1.29, 1.82) is 0 Å². The summed E-state index contributed by atoms with van der Waals surface area (Å²) >= 11 is 0. The predicted molar refractivity (Wildman–Crippen MR) is 109 cm³/mol. The van der Waals surface area contributed by atoms with Gasteiger partial charge < -0.3 is 10.1 Å². The number of carbonyl (C=O) groups is 3. The number of rotatable bonds is 6. The lowest BCUT2D eigenvalue weighted by atomic mass is 10.1. The van der Waals surface area contributed by atoms with Crippen LogP contribution in [-0.2, 0) is 13.1 Å². The molecule has 0 saturated carbocycles. The topological polar surface area (TPSA) is 88.6 Å². The van der Waals surface area contributed by atoms with Gasteiger partial charge in [-0.05, 0) is 53.6 Å². The number of methoxy groups -OCH3 is 1. The minimum Gasteiger partial charge on any atom is -0.497 e. The zero-order valence-electron chi connectivity index (χ0n) is 16.3. The molecule has 0 atom stereocenters. The Labute approximate surface area is 173 Å². The summed E-state index contributed by atoms with van der Waals surface area (Å²) in [5.74, 6) is -0.393. The first-order valence-electron chi connectivity index (χ1n) is 9.37. The van der Waals surface area contributed by atoms with Gasteiger partial charge in [0.15, 0.2) is 0 Å². The molecule has 0 fully saturated rings. The first-order valence-corrected chi connectivity index (χ1v) is 9.37. The van der Waals surface area contributed by atoms with E-state index in [1.807, 2.05) is 24.3 Å².